The number of benzene rings is 1. The molecule has 0 radical (unpaired) electrons. The maximum absolute atomic E-state index is 12.9. The van der Waals surface area contributed by atoms with Gasteiger partial charge in [0.25, 0.3) is 10.0 Å². The molecule has 0 saturated carbocycles. The van der Waals surface area contributed by atoms with Crippen LogP contribution in [0.3, 0.4) is 0 Å². The molecule has 2 aromatic rings. The lowest BCUT2D eigenvalue weighted by atomic mass is 10.0. The van der Waals surface area contributed by atoms with E-state index in [0.717, 1.165) is 18.4 Å². The van der Waals surface area contributed by atoms with Crippen LogP contribution in [0.1, 0.15) is 23.4 Å². The van der Waals surface area contributed by atoms with Crippen molar-refractivity contribution in [3.8, 4) is 0 Å². The highest BCUT2D eigenvalue weighted by Gasteiger charge is 2.33. The first-order valence-electron chi connectivity index (χ1n) is 6.75. The standard InChI is InChI=1S/C14H17N3O3S/c1-9-14(10(2)20-16-9)21(18,19)17-7-3-4-11-5-6-12(15)8-13(11)17/h5-6,8H,3-4,7,15H2,1-2H3. The zero-order valence-electron chi connectivity index (χ0n) is 12.0. The van der Waals surface area contributed by atoms with Gasteiger partial charge < -0.3 is 10.3 Å². The third kappa shape index (κ3) is 2.17. The third-order valence-electron chi connectivity index (χ3n) is 3.70. The number of hydrogen-bond acceptors (Lipinski definition) is 5. The fraction of sp³-hybridized carbons (Fsp3) is 0.357. The SMILES string of the molecule is Cc1noc(C)c1S(=O)(=O)N1CCCc2ccc(N)cc21. The molecule has 0 unspecified atom stereocenters. The summed E-state index contributed by atoms with van der Waals surface area (Å²) in [5.41, 5.74) is 8.39. The van der Waals surface area contributed by atoms with Crippen molar-refractivity contribution in [3.63, 3.8) is 0 Å². The Balaban J connectivity index is 2.16. The molecule has 112 valence electrons. The summed E-state index contributed by atoms with van der Waals surface area (Å²) in [5.74, 6) is 0.309. The number of sulfonamides is 1. The Morgan fingerprint density at radius 2 is 2.10 bits per heavy atom. The number of fused-ring (bicyclic) bond motifs is 1. The predicted octanol–water partition coefficient (Wildman–Crippen LogP) is 2.02. The number of nitrogen functional groups attached to an aromatic ring is 1. The molecule has 2 heterocycles. The molecule has 2 N–H and O–H groups in total. The van der Waals surface area contributed by atoms with Gasteiger partial charge in [0.05, 0.1) is 5.69 Å². The molecular weight excluding hydrogens is 290 g/mol. The van der Waals surface area contributed by atoms with Gasteiger partial charge in [-0.25, -0.2) is 8.42 Å². The number of aryl methyl sites for hydroxylation is 3. The van der Waals surface area contributed by atoms with Gasteiger partial charge in [-0.3, -0.25) is 4.31 Å². The average Bonchev–Trinajstić information content (AvgIpc) is 2.77. The molecule has 0 saturated heterocycles. The highest BCUT2D eigenvalue weighted by Crippen LogP contribution is 2.35. The number of aromatic nitrogens is 1. The second-order valence-corrected chi connectivity index (χ2v) is 7.02. The van der Waals surface area contributed by atoms with Gasteiger partial charge in [-0.2, -0.15) is 0 Å². The lowest BCUT2D eigenvalue weighted by Crippen LogP contribution is -2.36. The van der Waals surface area contributed by atoms with Gasteiger partial charge in [-0.05, 0) is 44.4 Å². The van der Waals surface area contributed by atoms with Crippen molar-refractivity contribution in [1.29, 1.82) is 0 Å². The summed E-state index contributed by atoms with van der Waals surface area (Å²) >= 11 is 0. The van der Waals surface area contributed by atoms with Crippen LogP contribution in [0.5, 0.6) is 0 Å². The van der Waals surface area contributed by atoms with E-state index < -0.39 is 10.0 Å². The topological polar surface area (TPSA) is 89.4 Å². The first-order valence-corrected chi connectivity index (χ1v) is 8.19. The predicted molar refractivity (Wildman–Crippen MR) is 79.7 cm³/mol. The number of nitrogens with zero attached hydrogens (tertiary/aromatic N) is 2. The van der Waals surface area contributed by atoms with E-state index in [1.165, 1.54) is 4.31 Å². The smallest absolute Gasteiger partial charge is 0.269 e. The maximum atomic E-state index is 12.9. The minimum Gasteiger partial charge on any atom is -0.399 e. The molecule has 7 heteroatoms. The number of rotatable bonds is 2. The highest BCUT2D eigenvalue weighted by molar-refractivity contribution is 7.93. The van der Waals surface area contributed by atoms with Crippen molar-refractivity contribution in [3.05, 3.63) is 35.2 Å². The first-order chi connectivity index (χ1) is 9.91. The van der Waals surface area contributed by atoms with Crippen LogP contribution in [0.2, 0.25) is 0 Å². The van der Waals surface area contributed by atoms with Gasteiger partial charge in [0, 0.05) is 12.2 Å². The van der Waals surface area contributed by atoms with Crippen LogP contribution in [0.15, 0.2) is 27.6 Å². The number of nitrogens with two attached hydrogens (primary N) is 1. The Hall–Kier alpha value is -2.02. The van der Waals surface area contributed by atoms with Crippen molar-refractivity contribution in [2.24, 2.45) is 0 Å². The summed E-state index contributed by atoms with van der Waals surface area (Å²) in [4.78, 5) is 0.151. The molecule has 0 atom stereocenters. The maximum Gasteiger partial charge on any atom is 0.269 e. The van der Waals surface area contributed by atoms with Gasteiger partial charge in [0.2, 0.25) is 0 Å². The van der Waals surface area contributed by atoms with Crippen molar-refractivity contribution in [2.45, 2.75) is 31.6 Å². The molecule has 1 aliphatic heterocycles. The van der Waals surface area contributed by atoms with E-state index in [9.17, 15) is 8.42 Å². The molecule has 1 aromatic heterocycles. The van der Waals surface area contributed by atoms with Gasteiger partial charge >= 0.3 is 0 Å². The Labute approximate surface area is 123 Å². The highest BCUT2D eigenvalue weighted by atomic mass is 32.2. The van der Waals surface area contributed by atoms with Crippen LogP contribution in [-0.4, -0.2) is 20.1 Å². The van der Waals surface area contributed by atoms with E-state index in [-0.39, 0.29) is 4.90 Å². The molecular formula is C14H17N3O3S. The fourth-order valence-electron chi connectivity index (χ4n) is 2.76. The zero-order valence-corrected chi connectivity index (χ0v) is 12.8. The number of hydrogen-bond donors (Lipinski definition) is 1. The molecule has 1 aromatic carbocycles. The van der Waals surface area contributed by atoms with E-state index in [1.807, 2.05) is 6.07 Å². The van der Waals surface area contributed by atoms with E-state index >= 15 is 0 Å². The Morgan fingerprint density at radius 3 is 2.76 bits per heavy atom. The summed E-state index contributed by atoms with van der Waals surface area (Å²) in [6.45, 7) is 3.67. The van der Waals surface area contributed by atoms with Gasteiger partial charge in [-0.1, -0.05) is 11.2 Å². The molecule has 0 bridgehead atoms. The molecule has 3 rings (SSSR count). The van der Waals surface area contributed by atoms with Crippen molar-refractivity contribution >= 4 is 21.4 Å². The van der Waals surface area contributed by atoms with Gasteiger partial charge in [0.15, 0.2) is 10.7 Å². The molecule has 0 spiro atoms. The van der Waals surface area contributed by atoms with Crippen LogP contribution in [0.4, 0.5) is 11.4 Å². The lowest BCUT2D eigenvalue weighted by molar-refractivity contribution is 0.390. The fourth-order valence-corrected chi connectivity index (χ4v) is 4.59. The monoisotopic (exact) mass is 307 g/mol. The van der Waals surface area contributed by atoms with Crippen molar-refractivity contribution in [1.82, 2.24) is 5.16 Å². The quantitative estimate of drug-likeness (QED) is 0.857. The average molecular weight is 307 g/mol. The molecule has 0 fully saturated rings. The Kier molecular flexibility index (Phi) is 3.16. The molecule has 6 nitrogen and oxygen atoms in total. The lowest BCUT2D eigenvalue weighted by Gasteiger charge is -2.30. The minimum atomic E-state index is -3.69. The molecule has 21 heavy (non-hydrogen) atoms. The summed E-state index contributed by atoms with van der Waals surface area (Å²) in [7, 11) is -3.69. The summed E-state index contributed by atoms with van der Waals surface area (Å²) in [6, 6.07) is 5.40. The van der Waals surface area contributed by atoms with Crippen LogP contribution >= 0.6 is 0 Å². The van der Waals surface area contributed by atoms with Crippen LogP contribution in [-0.2, 0) is 16.4 Å². The van der Waals surface area contributed by atoms with Crippen molar-refractivity contribution in [2.75, 3.05) is 16.6 Å². The van der Waals surface area contributed by atoms with Crippen LogP contribution in [0.25, 0.3) is 0 Å². The van der Waals surface area contributed by atoms with E-state index in [4.69, 9.17) is 10.3 Å². The molecule has 0 amide bonds. The summed E-state index contributed by atoms with van der Waals surface area (Å²) in [6.07, 6.45) is 1.63. The minimum absolute atomic E-state index is 0.151. The third-order valence-corrected chi connectivity index (χ3v) is 5.76. The summed E-state index contributed by atoms with van der Waals surface area (Å²) < 4.78 is 32.3. The largest absolute Gasteiger partial charge is 0.399 e. The van der Waals surface area contributed by atoms with Gasteiger partial charge in [-0.15, -0.1) is 0 Å². The second-order valence-electron chi connectivity index (χ2n) is 5.22. The van der Waals surface area contributed by atoms with Crippen LogP contribution < -0.4 is 10.0 Å². The van der Waals surface area contributed by atoms with E-state index in [0.29, 0.717) is 29.4 Å². The first kappa shape index (κ1) is 13.9. The van der Waals surface area contributed by atoms with Gasteiger partial charge in [0.1, 0.15) is 5.69 Å². The van der Waals surface area contributed by atoms with E-state index in [2.05, 4.69) is 5.16 Å². The summed E-state index contributed by atoms with van der Waals surface area (Å²) in [5, 5.41) is 3.75. The second kappa shape index (κ2) is 4.77. The molecule has 0 aliphatic carbocycles. The number of anilines is 2. The normalized spacial score (nSPS) is 15.0. The Morgan fingerprint density at radius 1 is 1.33 bits per heavy atom. The molecule has 1 aliphatic rings. The zero-order chi connectivity index (χ0) is 15.2. The van der Waals surface area contributed by atoms with E-state index in [1.54, 1.807) is 26.0 Å². The van der Waals surface area contributed by atoms with Crippen molar-refractivity contribution < 1.29 is 12.9 Å². The van der Waals surface area contributed by atoms with Crippen LogP contribution in [0, 0.1) is 13.8 Å². The Bertz CT molecular complexity index is 776.